The van der Waals surface area contributed by atoms with Crippen LogP contribution in [0.4, 0.5) is 0 Å². The molecule has 0 amide bonds. The predicted molar refractivity (Wildman–Crippen MR) is 88.8 cm³/mol. The van der Waals surface area contributed by atoms with Crippen LogP contribution in [0.15, 0.2) is 12.2 Å². The smallest absolute Gasteiger partial charge is 0.137 e. The molecule has 0 aromatic carbocycles. The number of hydrogen-bond donors (Lipinski definition) is 0. The molecule has 0 aliphatic heterocycles. The molecule has 0 aromatic rings. The van der Waals surface area contributed by atoms with Crippen LogP contribution in [0.25, 0.3) is 0 Å². The van der Waals surface area contributed by atoms with Gasteiger partial charge in [0.05, 0.1) is 0 Å². The number of Topliss-reactive ketones (excluding diaryl/α,β-unsaturated/α-hetero) is 1. The Morgan fingerprint density at radius 2 is 1.20 bits per heavy atom. The van der Waals surface area contributed by atoms with E-state index in [9.17, 15) is 4.79 Å². The lowest BCUT2D eigenvalue weighted by molar-refractivity contribution is -0.114. The zero-order valence-corrected chi connectivity index (χ0v) is 13.5. The summed E-state index contributed by atoms with van der Waals surface area (Å²) in [6, 6.07) is 0. The van der Waals surface area contributed by atoms with Crippen molar-refractivity contribution in [1.82, 2.24) is 0 Å². The monoisotopic (exact) mass is 278 g/mol. The van der Waals surface area contributed by atoms with Crippen molar-refractivity contribution in [3.63, 3.8) is 0 Å². The van der Waals surface area contributed by atoms with Crippen LogP contribution in [0.3, 0.4) is 0 Å². The first kappa shape index (κ1) is 19.4. The first-order valence-electron chi connectivity index (χ1n) is 8.70. The normalized spacial score (nSPS) is 11.3. The van der Waals surface area contributed by atoms with E-state index in [2.05, 4.69) is 19.1 Å². The summed E-state index contributed by atoms with van der Waals surface area (Å²) < 4.78 is 0. The van der Waals surface area contributed by atoms with Crippen LogP contribution in [-0.2, 0) is 4.79 Å². The Balaban J connectivity index is 3.07. The van der Waals surface area contributed by atoms with Crippen LogP contribution < -0.4 is 0 Å². The van der Waals surface area contributed by atoms with Crippen LogP contribution in [0.1, 0.15) is 96.8 Å². The van der Waals surface area contributed by atoms with E-state index in [1.807, 2.05) is 0 Å². The van der Waals surface area contributed by atoms with Gasteiger partial charge in [-0.1, -0.05) is 70.4 Å². The molecule has 20 heavy (non-hydrogen) atoms. The minimum Gasteiger partial charge on any atom is -0.299 e. The SMILES string of the molecule is [CH]C(=O)CCCCCCCC=CCCCCCCCC. The van der Waals surface area contributed by atoms with Crippen LogP contribution in [0.2, 0.25) is 0 Å². The second kappa shape index (κ2) is 16.5. The third kappa shape index (κ3) is 17.4. The zero-order chi connectivity index (χ0) is 14.9. The average Bonchev–Trinajstić information content (AvgIpc) is 2.43. The third-order valence-corrected chi connectivity index (χ3v) is 3.68. The Hall–Kier alpha value is -0.590. The molecule has 116 valence electrons. The van der Waals surface area contributed by atoms with Crippen molar-refractivity contribution in [2.45, 2.75) is 96.8 Å². The highest BCUT2D eigenvalue weighted by Crippen LogP contribution is 2.09. The molecule has 0 heterocycles. The number of hydrogen-bond acceptors (Lipinski definition) is 1. The first-order chi connectivity index (χ1) is 9.77. The van der Waals surface area contributed by atoms with Gasteiger partial charge < -0.3 is 0 Å². The van der Waals surface area contributed by atoms with Gasteiger partial charge in [0.15, 0.2) is 0 Å². The predicted octanol–water partition coefficient (Wildman–Crippen LogP) is 6.30. The Labute approximate surface area is 127 Å². The lowest BCUT2D eigenvalue weighted by atomic mass is 10.1. The number of ketones is 1. The van der Waals surface area contributed by atoms with Gasteiger partial charge >= 0.3 is 0 Å². The minimum atomic E-state index is -0.164. The third-order valence-electron chi connectivity index (χ3n) is 3.68. The highest BCUT2D eigenvalue weighted by atomic mass is 16.1. The Morgan fingerprint density at radius 3 is 1.70 bits per heavy atom. The fraction of sp³-hybridized carbons (Fsp3) is 0.789. The van der Waals surface area contributed by atoms with Crippen molar-refractivity contribution < 1.29 is 4.79 Å². The van der Waals surface area contributed by atoms with E-state index < -0.39 is 0 Å². The van der Waals surface area contributed by atoms with Crippen molar-refractivity contribution in [2.75, 3.05) is 0 Å². The van der Waals surface area contributed by atoms with Crippen molar-refractivity contribution in [3.05, 3.63) is 19.1 Å². The van der Waals surface area contributed by atoms with E-state index in [1.165, 1.54) is 70.6 Å². The van der Waals surface area contributed by atoms with E-state index in [4.69, 9.17) is 6.92 Å². The van der Waals surface area contributed by atoms with Gasteiger partial charge in [-0.05, 0) is 32.1 Å². The molecule has 0 spiro atoms. The lowest BCUT2D eigenvalue weighted by Gasteiger charge is -1.99. The van der Waals surface area contributed by atoms with Gasteiger partial charge in [-0.15, -0.1) is 0 Å². The van der Waals surface area contributed by atoms with E-state index >= 15 is 0 Å². The van der Waals surface area contributed by atoms with Gasteiger partial charge in [0.25, 0.3) is 0 Å². The molecule has 0 aliphatic carbocycles. The Morgan fingerprint density at radius 1 is 0.750 bits per heavy atom. The van der Waals surface area contributed by atoms with Crippen LogP contribution in [0.5, 0.6) is 0 Å². The molecular formula is C19H34O. The number of allylic oxidation sites excluding steroid dienone is 2. The minimum absolute atomic E-state index is 0.164. The number of rotatable bonds is 15. The van der Waals surface area contributed by atoms with Crippen molar-refractivity contribution in [2.24, 2.45) is 0 Å². The summed E-state index contributed by atoms with van der Waals surface area (Å²) in [7, 11) is 0. The van der Waals surface area contributed by atoms with E-state index in [0.717, 1.165) is 12.8 Å². The molecule has 0 unspecified atom stereocenters. The molecule has 0 bridgehead atoms. The van der Waals surface area contributed by atoms with E-state index in [-0.39, 0.29) is 5.78 Å². The van der Waals surface area contributed by atoms with Crippen LogP contribution >= 0.6 is 0 Å². The fourth-order valence-corrected chi connectivity index (χ4v) is 2.37. The van der Waals surface area contributed by atoms with Crippen molar-refractivity contribution in [1.29, 1.82) is 0 Å². The number of carbonyl (C=O) groups excluding carboxylic acids is 1. The zero-order valence-electron chi connectivity index (χ0n) is 13.5. The van der Waals surface area contributed by atoms with Gasteiger partial charge in [-0.25, -0.2) is 0 Å². The maximum Gasteiger partial charge on any atom is 0.137 e. The highest BCUT2D eigenvalue weighted by molar-refractivity contribution is 5.82. The summed E-state index contributed by atoms with van der Waals surface area (Å²) in [5, 5.41) is 0. The molecule has 1 heteroatoms. The van der Waals surface area contributed by atoms with Gasteiger partial charge in [-0.2, -0.15) is 0 Å². The fourth-order valence-electron chi connectivity index (χ4n) is 2.37. The molecule has 0 fully saturated rings. The summed E-state index contributed by atoms with van der Waals surface area (Å²) >= 11 is 0. The average molecular weight is 278 g/mol. The van der Waals surface area contributed by atoms with E-state index in [1.54, 1.807) is 0 Å². The molecule has 0 N–H and O–H groups in total. The maximum atomic E-state index is 10.5. The second-order valence-corrected chi connectivity index (χ2v) is 5.80. The summed E-state index contributed by atoms with van der Waals surface area (Å²) in [6.07, 6.45) is 21.9. The molecule has 0 atom stereocenters. The highest BCUT2D eigenvalue weighted by Gasteiger charge is 1.94. The van der Waals surface area contributed by atoms with Crippen LogP contribution in [0, 0.1) is 6.92 Å². The molecule has 0 aliphatic rings. The topological polar surface area (TPSA) is 17.1 Å². The molecule has 0 saturated heterocycles. The molecule has 2 radical (unpaired) electrons. The quantitative estimate of drug-likeness (QED) is 0.253. The van der Waals surface area contributed by atoms with Gasteiger partial charge in [0.1, 0.15) is 5.78 Å². The Bertz CT molecular complexity index is 230. The van der Waals surface area contributed by atoms with Crippen molar-refractivity contribution in [3.8, 4) is 0 Å². The largest absolute Gasteiger partial charge is 0.299 e. The molecule has 0 rings (SSSR count). The van der Waals surface area contributed by atoms with Gasteiger partial charge in [0.2, 0.25) is 0 Å². The van der Waals surface area contributed by atoms with Crippen LogP contribution in [-0.4, -0.2) is 5.78 Å². The van der Waals surface area contributed by atoms with Gasteiger partial charge in [-0.3, -0.25) is 4.79 Å². The number of carbonyl (C=O) groups is 1. The molecule has 1 nitrogen and oxygen atoms in total. The summed E-state index contributed by atoms with van der Waals surface area (Å²) in [4.78, 5) is 10.5. The van der Waals surface area contributed by atoms with Gasteiger partial charge in [0, 0.05) is 13.3 Å². The molecule has 0 aromatic heterocycles. The summed E-state index contributed by atoms with van der Waals surface area (Å²) in [5.41, 5.74) is 0. The molecule has 0 saturated carbocycles. The standard InChI is InChI=1S/C19H34O/c1-3-4-5-6-7-8-9-10-11-12-13-14-15-16-17-18-19(2)20/h2,10-11H,3-9,12-18H2,1H3. The lowest BCUT2D eigenvalue weighted by Crippen LogP contribution is -1.89. The van der Waals surface area contributed by atoms with E-state index in [0.29, 0.717) is 6.42 Å². The maximum absolute atomic E-state index is 10.5. The first-order valence-corrected chi connectivity index (χ1v) is 8.70. The number of unbranched alkanes of at least 4 members (excludes halogenated alkanes) is 11. The molecular weight excluding hydrogens is 244 g/mol. The van der Waals surface area contributed by atoms with Crippen molar-refractivity contribution >= 4 is 5.78 Å². The summed E-state index contributed by atoms with van der Waals surface area (Å²) in [6.45, 7) is 7.36. The second-order valence-electron chi connectivity index (χ2n) is 5.80. The Kier molecular flexibility index (Phi) is 16.0. The summed E-state index contributed by atoms with van der Waals surface area (Å²) in [5.74, 6) is -0.164.